The number of nitrogens with zero attached hydrogens (tertiary/aromatic N) is 2. The standard InChI is InChI=1S/C7H8N4O/c8-2-4-9-7(12)5-6-1-3-10-11-6/h1,3H,4-5H2,(H,9,12)(H,10,11). The van der Waals surface area contributed by atoms with Gasteiger partial charge in [-0.1, -0.05) is 0 Å². The lowest BCUT2D eigenvalue weighted by Crippen LogP contribution is -2.25. The Morgan fingerprint density at radius 1 is 1.83 bits per heavy atom. The summed E-state index contributed by atoms with van der Waals surface area (Å²) in [6, 6.07) is 3.53. The molecule has 0 atom stereocenters. The van der Waals surface area contributed by atoms with Crippen molar-refractivity contribution >= 4 is 5.91 Å². The maximum absolute atomic E-state index is 11.0. The van der Waals surface area contributed by atoms with Crippen LogP contribution in [-0.4, -0.2) is 22.6 Å². The van der Waals surface area contributed by atoms with Crippen molar-refractivity contribution in [2.45, 2.75) is 6.42 Å². The van der Waals surface area contributed by atoms with Gasteiger partial charge < -0.3 is 5.32 Å². The summed E-state index contributed by atoms with van der Waals surface area (Å²) in [5.41, 5.74) is 0.741. The van der Waals surface area contributed by atoms with Crippen molar-refractivity contribution in [1.82, 2.24) is 15.5 Å². The molecule has 0 saturated carbocycles. The van der Waals surface area contributed by atoms with Gasteiger partial charge in [-0.2, -0.15) is 10.4 Å². The van der Waals surface area contributed by atoms with Gasteiger partial charge in [-0.05, 0) is 6.07 Å². The number of carbonyl (C=O) groups excluding carboxylic acids is 1. The van der Waals surface area contributed by atoms with Gasteiger partial charge >= 0.3 is 0 Å². The highest BCUT2D eigenvalue weighted by Gasteiger charge is 2.01. The second kappa shape index (κ2) is 4.13. The van der Waals surface area contributed by atoms with Crippen molar-refractivity contribution in [3.63, 3.8) is 0 Å². The molecule has 0 spiro atoms. The molecular formula is C7H8N4O. The van der Waals surface area contributed by atoms with Crippen molar-refractivity contribution in [2.75, 3.05) is 6.54 Å². The maximum atomic E-state index is 11.0. The SMILES string of the molecule is N#CCNC(=O)Cc1ccn[nH]1. The molecule has 1 heterocycles. The summed E-state index contributed by atoms with van der Waals surface area (Å²) in [7, 11) is 0. The van der Waals surface area contributed by atoms with Gasteiger partial charge in [-0.25, -0.2) is 0 Å². The average molecular weight is 164 g/mol. The van der Waals surface area contributed by atoms with E-state index in [1.54, 1.807) is 12.3 Å². The number of amides is 1. The van der Waals surface area contributed by atoms with Crippen molar-refractivity contribution in [1.29, 1.82) is 5.26 Å². The Balaban J connectivity index is 2.33. The topological polar surface area (TPSA) is 81.6 Å². The molecule has 1 amide bonds. The third-order valence-corrected chi connectivity index (χ3v) is 1.27. The molecule has 0 radical (unpaired) electrons. The Morgan fingerprint density at radius 2 is 2.67 bits per heavy atom. The van der Waals surface area contributed by atoms with E-state index >= 15 is 0 Å². The highest BCUT2D eigenvalue weighted by molar-refractivity contribution is 5.78. The van der Waals surface area contributed by atoms with Crippen LogP contribution >= 0.6 is 0 Å². The zero-order valence-corrected chi connectivity index (χ0v) is 6.37. The summed E-state index contributed by atoms with van der Waals surface area (Å²) in [6.07, 6.45) is 1.81. The molecule has 62 valence electrons. The molecule has 5 heteroatoms. The minimum atomic E-state index is -0.180. The normalized spacial score (nSPS) is 8.92. The van der Waals surface area contributed by atoms with E-state index in [4.69, 9.17) is 5.26 Å². The number of hydrogen-bond acceptors (Lipinski definition) is 3. The molecule has 0 aliphatic rings. The van der Waals surface area contributed by atoms with Gasteiger partial charge in [-0.15, -0.1) is 0 Å². The number of hydrogen-bond donors (Lipinski definition) is 2. The summed E-state index contributed by atoms with van der Waals surface area (Å²) >= 11 is 0. The molecular weight excluding hydrogens is 156 g/mol. The highest BCUT2D eigenvalue weighted by atomic mass is 16.1. The molecule has 1 rings (SSSR count). The maximum Gasteiger partial charge on any atom is 0.226 e. The molecule has 0 fully saturated rings. The largest absolute Gasteiger partial charge is 0.343 e. The van der Waals surface area contributed by atoms with E-state index in [0.717, 1.165) is 5.69 Å². The van der Waals surface area contributed by atoms with Crippen LogP contribution in [0.1, 0.15) is 5.69 Å². The van der Waals surface area contributed by atoms with Crippen LogP contribution in [0.5, 0.6) is 0 Å². The Labute approximate surface area is 69.4 Å². The van der Waals surface area contributed by atoms with Crippen LogP contribution in [0.3, 0.4) is 0 Å². The predicted molar refractivity (Wildman–Crippen MR) is 40.9 cm³/mol. The average Bonchev–Trinajstić information content (AvgIpc) is 2.53. The quantitative estimate of drug-likeness (QED) is 0.596. The Morgan fingerprint density at radius 3 is 3.25 bits per heavy atom. The Bertz CT molecular complexity index is 285. The lowest BCUT2D eigenvalue weighted by atomic mass is 10.3. The van der Waals surface area contributed by atoms with Crippen molar-refractivity contribution < 1.29 is 4.79 Å². The molecule has 12 heavy (non-hydrogen) atoms. The van der Waals surface area contributed by atoms with E-state index < -0.39 is 0 Å². The summed E-state index contributed by atoms with van der Waals surface area (Å²) in [6.45, 7) is 0.0486. The van der Waals surface area contributed by atoms with Crippen molar-refractivity contribution in [3.8, 4) is 6.07 Å². The van der Waals surface area contributed by atoms with Crippen LogP contribution in [0.25, 0.3) is 0 Å². The Hall–Kier alpha value is -1.83. The molecule has 1 aromatic heterocycles. The summed E-state index contributed by atoms with van der Waals surface area (Å²) in [5, 5.41) is 16.9. The van der Waals surface area contributed by atoms with Gasteiger partial charge in [0.15, 0.2) is 0 Å². The molecule has 0 aliphatic heterocycles. The number of H-pyrrole nitrogens is 1. The van der Waals surface area contributed by atoms with E-state index in [1.807, 2.05) is 6.07 Å². The van der Waals surface area contributed by atoms with Gasteiger partial charge in [0, 0.05) is 11.9 Å². The van der Waals surface area contributed by atoms with Crippen LogP contribution in [0, 0.1) is 11.3 Å². The molecule has 5 nitrogen and oxygen atoms in total. The van der Waals surface area contributed by atoms with Gasteiger partial charge in [0.1, 0.15) is 6.54 Å². The van der Waals surface area contributed by atoms with Gasteiger partial charge in [0.05, 0.1) is 12.5 Å². The zero-order chi connectivity index (χ0) is 8.81. The molecule has 0 aromatic carbocycles. The molecule has 1 aromatic rings. The first-order valence-electron chi connectivity index (χ1n) is 3.45. The third-order valence-electron chi connectivity index (χ3n) is 1.27. The van der Waals surface area contributed by atoms with E-state index in [2.05, 4.69) is 15.5 Å². The molecule has 0 bridgehead atoms. The van der Waals surface area contributed by atoms with Gasteiger partial charge in [0.25, 0.3) is 0 Å². The van der Waals surface area contributed by atoms with E-state index in [9.17, 15) is 4.79 Å². The number of rotatable bonds is 3. The Kier molecular flexibility index (Phi) is 2.85. The van der Waals surface area contributed by atoms with E-state index in [-0.39, 0.29) is 18.9 Å². The minimum absolute atomic E-state index is 0.0486. The van der Waals surface area contributed by atoms with E-state index in [0.29, 0.717) is 0 Å². The van der Waals surface area contributed by atoms with Crippen LogP contribution in [0.15, 0.2) is 12.3 Å². The number of nitrogens with one attached hydrogen (secondary N) is 2. The minimum Gasteiger partial charge on any atom is -0.343 e. The van der Waals surface area contributed by atoms with Crippen LogP contribution in [0.4, 0.5) is 0 Å². The fraction of sp³-hybridized carbons (Fsp3) is 0.286. The monoisotopic (exact) mass is 164 g/mol. The lowest BCUT2D eigenvalue weighted by Gasteiger charge is -1.96. The van der Waals surface area contributed by atoms with Crippen molar-refractivity contribution in [2.24, 2.45) is 0 Å². The van der Waals surface area contributed by atoms with Crippen LogP contribution < -0.4 is 5.32 Å². The summed E-state index contributed by atoms with van der Waals surface area (Å²) in [4.78, 5) is 11.0. The second-order valence-electron chi connectivity index (χ2n) is 2.19. The fourth-order valence-corrected chi connectivity index (χ4v) is 0.757. The first-order valence-corrected chi connectivity index (χ1v) is 3.45. The van der Waals surface area contributed by atoms with Crippen molar-refractivity contribution in [3.05, 3.63) is 18.0 Å². The van der Waals surface area contributed by atoms with Gasteiger partial charge in [-0.3, -0.25) is 9.89 Å². The van der Waals surface area contributed by atoms with Gasteiger partial charge in [0.2, 0.25) is 5.91 Å². The first-order chi connectivity index (χ1) is 5.83. The zero-order valence-electron chi connectivity index (χ0n) is 6.37. The number of carbonyl (C=O) groups is 1. The first kappa shape index (κ1) is 8.27. The number of aromatic amines is 1. The highest BCUT2D eigenvalue weighted by Crippen LogP contribution is 1.91. The molecule has 2 N–H and O–H groups in total. The fourth-order valence-electron chi connectivity index (χ4n) is 0.757. The van der Waals surface area contributed by atoms with Crippen LogP contribution in [-0.2, 0) is 11.2 Å². The lowest BCUT2D eigenvalue weighted by molar-refractivity contribution is -0.120. The molecule has 0 saturated heterocycles. The van der Waals surface area contributed by atoms with E-state index in [1.165, 1.54) is 0 Å². The third kappa shape index (κ3) is 2.42. The molecule has 0 unspecified atom stereocenters. The summed E-state index contributed by atoms with van der Waals surface area (Å²) < 4.78 is 0. The summed E-state index contributed by atoms with van der Waals surface area (Å²) in [5.74, 6) is -0.180. The van der Waals surface area contributed by atoms with Crippen LogP contribution in [0.2, 0.25) is 0 Å². The number of aromatic nitrogens is 2. The molecule has 0 aliphatic carbocycles. The predicted octanol–water partition coefficient (Wildman–Crippen LogP) is -0.408. The smallest absolute Gasteiger partial charge is 0.226 e. The number of nitriles is 1. The second-order valence-corrected chi connectivity index (χ2v) is 2.19.